The molecule has 7 nitrogen and oxygen atoms in total. The molecule has 2 aliphatic rings. The quantitative estimate of drug-likeness (QED) is 0.265. The summed E-state index contributed by atoms with van der Waals surface area (Å²) >= 11 is 1.90. The van der Waals surface area contributed by atoms with Crippen molar-refractivity contribution in [1.82, 2.24) is 16.0 Å². The average Bonchev–Trinajstić information content (AvgIpc) is 3.03. The third-order valence-electron chi connectivity index (χ3n) is 4.45. The monoisotopic (exact) mass is 359 g/mol. The van der Waals surface area contributed by atoms with Gasteiger partial charge >= 0.3 is 6.03 Å². The number of hydrogen-bond donors (Lipinski definition) is 4. The molecular weight excluding hydrogens is 330 g/mol. The lowest BCUT2D eigenvalue weighted by Crippen LogP contribution is -2.36. The summed E-state index contributed by atoms with van der Waals surface area (Å²) in [5, 5.41) is 19.0. The van der Waals surface area contributed by atoms with Crippen molar-refractivity contribution in [3.8, 4) is 0 Å². The van der Waals surface area contributed by atoms with Crippen LogP contribution in [0, 0.1) is 0 Å². The van der Waals surface area contributed by atoms with Gasteiger partial charge in [0.2, 0.25) is 5.91 Å². The predicted molar refractivity (Wildman–Crippen MR) is 93.8 cm³/mol. The lowest BCUT2D eigenvalue weighted by molar-refractivity contribution is -0.189. The van der Waals surface area contributed by atoms with Crippen LogP contribution in [0.5, 0.6) is 0 Å². The summed E-state index contributed by atoms with van der Waals surface area (Å²) in [6.07, 6.45) is 3.69. The Balaban J connectivity index is 1.53. The number of nitrogens with one attached hydrogen (secondary N) is 3. The van der Waals surface area contributed by atoms with Crippen LogP contribution in [0.3, 0.4) is 0 Å². The van der Waals surface area contributed by atoms with E-state index in [1.165, 1.54) is 0 Å². The van der Waals surface area contributed by atoms with E-state index < -0.39 is 5.79 Å². The molecule has 0 aromatic heterocycles. The maximum Gasteiger partial charge on any atom is 0.315 e. The Morgan fingerprint density at radius 2 is 2.25 bits per heavy atom. The summed E-state index contributed by atoms with van der Waals surface area (Å²) in [4.78, 5) is 23.1. The molecule has 3 amide bonds. The van der Waals surface area contributed by atoms with Crippen LogP contribution in [0.1, 0.15) is 46.0 Å². The number of carbonyl (C=O) groups excluding carboxylic acids is 2. The molecule has 0 radical (unpaired) electrons. The number of unbranched alkanes of at least 4 members (excludes halogenated alkanes) is 1. The first-order valence-corrected chi connectivity index (χ1v) is 9.78. The Morgan fingerprint density at radius 1 is 1.46 bits per heavy atom. The number of carbonyl (C=O) groups is 2. The largest absolute Gasteiger partial charge is 0.366 e. The van der Waals surface area contributed by atoms with Crippen molar-refractivity contribution in [2.45, 2.75) is 69.1 Å². The van der Waals surface area contributed by atoms with Crippen LogP contribution in [-0.2, 0) is 9.53 Å². The van der Waals surface area contributed by atoms with E-state index >= 15 is 0 Å². The van der Waals surface area contributed by atoms with E-state index in [1.54, 1.807) is 6.92 Å². The normalized spacial score (nSPS) is 28.0. The SMILES string of the molecule is CCOC(C)(O)CCNC(=O)CCCCC1SCC2NC(=O)NC21. The third kappa shape index (κ3) is 5.82. The van der Waals surface area contributed by atoms with Crippen molar-refractivity contribution >= 4 is 23.7 Å². The van der Waals surface area contributed by atoms with Crippen LogP contribution in [0.4, 0.5) is 4.79 Å². The van der Waals surface area contributed by atoms with E-state index in [2.05, 4.69) is 16.0 Å². The number of hydrogen-bond acceptors (Lipinski definition) is 5. The van der Waals surface area contributed by atoms with Crippen molar-refractivity contribution < 1.29 is 19.4 Å². The number of ether oxygens (including phenoxy) is 1. The van der Waals surface area contributed by atoms with E-state index in [-0.39, 0.29) is 24.0 Å². The number of rotatable bonds is 10. The molecule has 4 atom stereocenters. The highest BCUT2D eigenvalue weighted by atomic mass is 32.2. The zero-order valence-electron chi connectivity index (χ0n) is 14.5. The van der Waals surface area contributed by atoms with E-state index in [1.807, 2.05) is 18.7 Å². The first-order chi connectivity index (χ1) is 11.4. The maximum atomic E-state index is 11.8. The van der Waals surface area contributed by atoms with Gasteiger partial charge in [-0.25, -0.2) is 4.79 Å². The molecule has 2 fully saturated rings. The summed E-state index contributed by atoms with van der Waals surface area (Å²) in [7, 11) is 0. The molecule has 138 valence electrons. The zero-order chi connectivity index (χ0) is 17.6. The van der Waals surface area contributed by atoms with E-state index in [4.69, 9.17) is 4.74 Å². The van der Waals surface area contributed by atoms with Gasteiger partial charge in [0.1, 0.15) is 0 Å². The van der Waals surface area contributed by atoms with Gasteiger partial charge in [0.25, 0.3) is 0 Å². The van der Waals surface area contributed by atoms with Crippen LogP contribution in [0.25, 0.3) is 0 Å². The van der Waals surface area contributed by atoms with Gasteiger partial charge in [-0.15, -0.1) is 0 Å². The van der Waals surface area contributed by atoms with Crippen molar-refractivity contribution in [1.29, 1.82) is 0 Å². The Labute approximate surface area is 147 Å². The number of thioether (sulfide) groups is 1. The lowest BCUT2D eigenvalue weighted by Gasteiger charge is -2.23. The van der Waals surface area contributed by atoms with Crippen LogP contribution < -0.4 is 16.0 Å². The zero-order valence-corrected chi connectivity index (χ0v) is 15.3. The van der Waals surface area contributed by atoms with Gasteiger partial charge in [0.05, 0.1) is 12.1 Å². The Morgan fingerprint density at radius 3 is 3.00 bits per heavy atom. The Kier molecular flexibility index (Phi) is 7.18. The fourth-order valence-electron chi connectivity index (χ4n) is 3.18. The van der Waals surface area contributed by atoms with Gasteiger partial charge in [-0.2, -0.15) is 11.8 Å². The van der Waals surface area contributed by atoms with Gasteiger partial charge in [0, 0.05) is 37.0 Å². The fourth-order valence-corrected chi connectivity index (χ4v) is 4.72. The Bertz CT molecular complexity index is 447. The molecule has 0 aromatic rings. The maximum absolute atomic E-state index is 11.8. The number of amides is 3. The molecule has 0 aromatic carbocycles. The molecular formula is C16H29N3O4S. The van der Waals surface area contributed by atoms with Crippen LogP contribution in [0.2, 0.25) is 0 Å². The first-order valence-electron chi connectivity index (χ1n) is 8.73. The van der Waals surface area contributed by atoms with Gasteiger partial charge < -0.3 is 25.8 Å². The molecule has 0 aliphatic carbocycles. The molecule has 8 heteroatoms. The fraction of sp³-hybridized carbons (Fsp3) is 0.875. The second-order valence-corrected chi connectivity index (χ2v) is 7.85. The van der Waals surface area contributed by atoms with Gasteiger partial charge in [-0.05, 0) is 26.7 Å². The van der Waals surface area contributed by atoms with Crippen LogP contribution in [-0.4, -0.2) is 59.1 Å². The minimum Gasteiger partial charge on any atom is -0.366 e. The van der Waals surface area contributed by atoms with Crippen molar-refractivity contribution in [2.24, 2.45) is 0 Å². The molecule has 2 rings (SSSR count). The van der Waals surface area contributed by atoms with E-state index in [9.17, 15) is 14.7 Å². The van der Waals surface area contributed by atoms with E-state index in [0.29, 0.717) is 31.2 Å². The molecule has 0 bridgehead atoms. The predicted octanol–water partition coefficient (Wildman–Crippen LogP) is 0.963. The number of urea groups is 1. The summed E-state index contributed by atoms with van der Waals surface area (Å²) in [5.41, 5.74) is 0. The molecule has 4 N–H and O–H groups in total. The highest BCUT2D eigenvalue weighted by molar-refractivity contribution is 8.00. The van der Waals surface area contributed by atoms with Gasteiger partial charge in [-0.1, -0.05) is 6.42 Å². The molecule has 2 aliphatic heterocycles. The summed E-state index contributed by atoms with van der Waals surface area (Å²) in [6, 6.07) is 0.434. The average molecular weight is 359 g/mol. The summed E-state index contributed by atoms with van der Waals surface area (Å²) < 4.78 is 5.18. The minimum absolute atomic E-state index is 0.00934. The second-order valence-electron chi connectivity index (χ2n) is 6.58. The second kappa shape index (κ2) is 8.92. The standard InChI is InChI=1S/C16H29N3O4S/c1-3-23-16(2,22)8-9-17-13(20)7-5-4-6-12-14-11(10-24-12)18-15(21)19-14/h11-12,14,22H,3-10H2,1-2H3,(H,17,20)(H2,18,19,21). The van der Waals surface area contributed by atoms with Crippen molar-refractivity contribution in [3.05, 3.63) is 0 Å². The van der Waals surface area contributed by atoms with Gasteiger partial charge in [-0.3, -0.25) is 4.79 Å². The highest BCUT2D eigenvalue weighted by Crippen LogP contribution is 2.33. The first kappa shape index (κ1) is 19.3. The van der Waals surface area contributed by atoms with Gasteiger partial charge in [0.15, 0.2) is 5.79 Å². The van der Waals surface area contributed by atoms with E-state index in [0.717, 1.165) is 25.0 Å². The summed E-state index contributed by atoms with van der Waals surface area (Å²) in [5.74, 6) is -0.207. The highest BCUT2D eigenvalue weighted by Gasteiger charge is 2.42. The van der Waals surface area contributed by atoms with Crippen molar-refractivity contribution in [3.63, 3.8) is 0 Å². The molecule has 0 spiro atoms. The molecule has 2 saturated heterocycles. The molecule has 0 saturated carbocycles. The number of aliphatic hydroxyl groups is 1. The molecule has 24 heavy (non-hydrogen) atoms. The molecule has 4 unspecified atom stereocenters. The Hall–Kier alpha value is -0.990. The minimum atomic E-state index is -1.18. The third-order valence-corrected chi connectivity index (χ3v) is 5.96. The summed E-state index contributed by atoms with van der Waals surface area (Å²) in [6.45, 7) is 4.28. The lowest BCUT2D eigenvalue weighted by atomic mass is 10.0. The topological polar surface area (TPSA) is 99.7 Å². The van der Waals surface area contributed by atoms with Crippen LogP contribution >= 0.6 is 11.8 Å². The smallest absolute Gasteiger partial charge is 0.315 e. The number of fused-ring (bicyclic) bond motifs is 1. The van der Waals surface area contributed by atoms with Crippen molar-refractivity contribution in [2.75, 3.05) is 18.9 Å². The molecule has 2 heterocycles. The van der Waals surface area contributed by atoms with Crippen LogP contribution in [0.15, 0.2) is 0 Å².